The second-order valence-corrected chi connectivity index (χ2v) is 5.41. The molecule has 21 heavy (non-hydrogen) atoms. The Hall–Kier alpha value is -2.20. The van der Waals surface area contributed by atoms with Crippen molar-refractivity contribution >= 4 is 11.0 Å². The molecule has 0 fully saturated rings. The predicted octanol–water partition coefficient (Wildman–Crippen LogP) is 3.98. The normalized spacial score (nSPS) is 11.5. The number of hydrogen-bond donors (Lipinski definition) is 2. The molecule has 4 heteroatoms. The lowest BCUT2D eigenvalue weighted by Crippen LogP contribution is -2.04. The van der Waals surface area contributed by atoms with Crippen molar-refractivity contribution in [2.24, 2.45) is 0 Å². The summed E-state index contributed by atoms with van der Waals surface area (Å²) in [6.07, 6.45) is 1.83. The van der Waals surface area contributed by atoms with Crippen LogP contribution >= 0.6 is 0 Å². The lowest BCUT2D eigenvalue weighted by Gasteiger charge is -2.16. The zero-order chi connectivity index (χ0) is 15.0. The molecule has 0 aliphatic heterocycles. The fourth-order valence-electron chi connectivity index (χ4n) is 2.72. The Morgan fingerprint density at radius 3 is 2.52 bits per heavy atom. The summed E-state index contributed by atoms with van der Waals surface area (Å²) in [6, 6.07) is 8.28. The molecule has 2 N–H and O–H groups in total. The first-order valence-corrected chi connectivity index (χ1v) is 6.98. The number of nitrogens with one attached hydrogen (secondary N) is 1. The highest BCUT2D eigenvalue weighted by Crippen LogP contribution is 2.35. The van der Waals surface area contributed by atoms with Gasteiger partial charge in [0.25, 0.3) is 0 Å². The van der Waals surface area contributed by atoms with E-state index in [0.717, 1.165) is 33.4 Å². The molecule has 0 aliphatic rings. The Kier molecular flexibility index (Phi) is 3.47. The van der Waals surface area contributed by atoms with E-state index in [4.69, 9.17) is 0 Å². The molecule has 0 saturated carbocycles. The molecule has 0 spiro atoms. The number of benzene rings is 1. The van der Waals surface area contributed by atoms with E-state index in [1.54, 1.807) is 12.1 Å². The Labute approximate surface area is 122 Å². The van der Waals surface area contributed by atoms with E-state index in [9.17, 15) is 9.50 Å². The zero-order valence-corrected chi connectivity index (χ0v) is 12.0. The third kappa shape index (κ3) is 2.32. The van der Waals surface area contributed by atoms with Crippen molar-refractivity contribution in [3.8, 4) is 11.1 Å². The number of fused-ring (bicyclic) bond motifs is 1. The summed E-state index contributed by atoms with van der Waals surface area (Å²) < 4.78 is 13.2. The van der Waals surface area contributed by atoms with Crippen LogP contribution in [0.4, 0.5) is 4.39 Å². The minimum Gasteiger partial charge on any atom is -0.392 e. The molecule has 0 unspecified atom stereocenters. The summed E-state index contributed by atoms with van der Waals surface area (Å²) in [5.74, 6) is -0.0770. The van der Waals surface area contributed by atoms with Gasteiger partial charge in [0, 0.05) is 17.1 Å². The van der Waals surface area contributed by atoms with Crippen LogP contribution in [0.15, 0.2) is 36.5 Å². The van der Waals surface area contributed by atoms with E-state index in [1.165, 1.54) is 12.1 Å². The second kappa shape index (κ2) is 5.30. The standard InChI is InChI=1S/C17H17FN2O/c1-10(2)16-14(9-21)15(11-3-5-12(18)6-4-11)13-7-8-19-17(13)20-16/h3-8,10,21H,9H2,1-2H3,(H,19,20). The summed E-state index contributed by atoms with van der Waals surface area (Å²) in [5.41, 5.74) is 4.27. The molecule has 0 saturated heterocycles. The Morgan fingerprint density at radius 2 is 1.90 bits per heavy atom. The highest BCUT2D eigenvalue weighted by molar-refractivity contribution is 5.95. The number of aliphatic hydroxyl groups is 1. The van der Waals surface area contributed by atoms with Crippen molar-refractivity contribution in [2.75, 3.05) is 0 Å². The molecular formula is C17H17FN2O. The van der Waals surface area contributed by atoms with Crippen molar-refractivity contribution in [3.05, 3.63) is 53.6 Å². The number of rotatable bonds is 3. The van der Waals surface area contributed by atoms with E-state index in [0.29, 0.717) is 0 Å². The second-order valence-electron chi connectivity index (χ2n) is 5.41. The molecule has 3 aromatic rings. The van der Waals surface area contributed by atoms with Gasteiger partial charge < -0.3 is 10.1 Å². The topological polar surface area (TPSA) is 48.9 Å². The van der Waals surface area contributed by atoms with Gasteiger partial charge in [-0.25, -0.2) is 9.37 Å². The van der Waals surface area contributed by atoms with Crippen molar-refractivity contribution in [3.63, 3.8) is 0 Å². The molecule has 3 rings (SSSR count). The van der Waals surface area contributed by atoms with Crippen LogP contribution in [-0.4, -0.2) is 15.1 Å². The number of aliphatic hydroxyl groups excluding tert-OH is 1. The molecule has 1 aromatic carbocycles. The molecule has 108 valence electrons. The average Bonchev–Trinajstić information content (AvgIpc) is 2.94. The maximum absolute atomic E-state index is 13.2. The summed E-state index contributed by atoms with van der Waals surface area (Å²) in [5, 5.41) is 10.8. The van der Waals surface area contributed by atoms with Crippen molar-refractivity contribution < 1.29 is 9.50 Å². The van der Waals surface area contributed by atoms with Gasteiger partial charge in [-0.05, 0) is 35.2 Å². The van der Waals surface area contributed by atoms with Gasteiger partial charge in [0.1, 0.15) is 11.5 Å². The number of H-pyrrole nitrogens is 1. The molecule has 3 nitrogen and oxygen atoms in total. The average molecular weight is 284 g/mol. The molecule has 0 amide bonds. The third-order valence-electron chi connectivity index (χ3n) is 3.68. The van der Waals surface area contributed by atoms with Crippen LogP contribution in [0.3, 0.4) is 0 Å². The van der Waals surface area contributed by atoms with Crippen molar-refractivity contribution in [2.45, 2.75) is 26.4 Å². The highest BCUT2D eigenvalue weighted by atomic mass is 19.1. The van der Waals surface area contributed by atoms with Gasteiger partial charge in [-0.2, -0.15) is 0 Å². The monoisotopic (exact) mass is 284 g/mol. The van der Waals surface area contributed by atoms with E-state index >= 15 is 0 Å². The van der Waals surface area contributed by atoms with Crippen LogP contribution in [0.2, 0.25) is 0 Å². The molecule has 2 aromatic heterocycles. The van der Waals surface area contributed by atoms with Gasteiger partial charge in [0.2, 0.25) is 0 Å². The predicted molar refractivity (Wildman–Crippen MR) is 81.5 cm³/mol. The first-order valence-electron chi connectivity index (χ1n) is 6.98. The van der Waals surface area contributed by atoms with Gasteiger partial charge in [0.15, 0.2) is 0 Å². The molecular weight excluding hydrogens is 267 g/mol. The van der Waals surface area contributed by atoms with Gasteiger partial charge >= 0.3 is 0 Å². The van der Waals surface area contributed by atoms with Gasteiger partial charge in [-0.3, -0.25) is 0 Å². The van der Waals surface area contributed by atoms with E-state index in [1.807, 2.05) is 26.1 Å². The summed E-state index contributed by atoms with van der Waals surface area (Å²) in [7, 11) is 0. The van der Waals surface area contributed by atoms with Gasteiger partial charge in [-0.15, -0.1) is 0 Å². The minimum absolute atomic E-state index is 0.0889. The van der Waals surface area contributed by atoms with Crippen molar-refractivity contribution in [1.29, 1.82) is 0 Å². The van der Waals surface area contributed by atoms with Crippen LogP contribution in [0.25, 0.3) is 22.2 Å². The maximum atomic E-state index is 13.2. The fourth-order valence-corrected chi connectivity index (χ4v) is 2.72. The molecule has 0 bridgehead atoms. The lowest BCUT2D eigenvalue weighted by atomic mass is 9.93. The maximum Gasteiger partial charge on any atom is 0.138 e. The van der Waals surface area contributed by atoms with E-state index in [-0.39, 0.29) is 18.3 Å². The van der Waals surface area contributed by atoms with Crippen LogP contribution in [-0.2, 0) is 6.61 Å². The smallest absolute Gasteiger partial charge is 0.138 e. The SMILES string of the molecule is CC(C)c1nc2[nH]ccc2c(-c2ccc(F)cc2)c1CO. The molecule has 2 heterocycles. The van der Waals surface area contributed by atoms with Crippen LogP contribution in [0, 0.1) is 5.82 Å². The largest absolute Gasteiger partial charge is 0.392 e. The molecule has 0 atom stereocenters. The van der Waals surface area contributed by atoms with Crippen LogP contribution in [0.5, 0.6) is 0 Å². The zero-order valence-electron chi connectivity index (χ0n) is 12.0. The quantitative estimate of drug-likeness (QED) is 0.764. The molecule has 0 aliphatic carbocycles. The number of pyridine rings is 1. The number of aromatic nitrogens is 2. The fraction of sp³-hybridized carbons (Fsp3) is 0.235. The van der Waals surface area contributed by atoms with Gasteiger partial charge in [0.05, 0.1) is 12.3 Å². The highest BCUT2D eigenvalue weighted by Gasteiger charge is 2.18. The van der Waals surface area contributed by atoms with E-state index < -0.39 is 0 Å². The third-order valence-corrected chi connectivity index (χ3v) is 3.68. The summed E-state index contributed by atoms with van der Waals surface area (Å²) >= 11 is 0. The Morgan fingerprint density at radius 1 is 1.19 bits per heavy atom. The Balaban J connectivity index is 2.37. The molecule has 0 radical (unpaired) electrons. The number of nitrogens with zero attached hydrogens (tertiary/aromatic N) is 1. The summed E-state index contributed by atoms with van der Waals surface area (Å²) in [6.45, 7) is 4.00. The lowest BCUT2D eigenvalue weighted by molar-refractivity contribution is 0.280. The first-order chi connectivity index (χ1) is 10.1. The minimum atomic E-state index is -0.271. The van der Waals surface area contributed by atoms with Crippen molar-refractivity contribution in [1.82, 2.24) is 9.97 Å². The Bertz CT molecular complexity index is 775. The first kappa shape index (κ1) is 13.8. The summed E-state index contributed by atoms with van der Waals surface area (Å²) in [4.78, 5) is 7.74. The number of halogens is 1. The number of aromatic amines is 1. The van der Waals surface area contributed by atoms with Gasteiger partial charge in [-0.1, -0.05) is 26.0 Å². The van der Waals surface area contributed by atoms with Crippen LogP contribution < -0.4 is 0 Å². The number of hydrogen-bond acceptors (Lipinski definition) is 2. The van der Waals surface area contributed by atoms with Crippen LogP contribution in [0.1, 0.15) is 31.0 Å². The van der Waals surface area contributed by atoms with E-state index in [2.05, 4.69) is 9.97 Å².